The van der Waals surface area contributed by atoms with Crippen molar-refractivity contribution in [2.45, 2.75) is 25.7 Å². The zero-order chi connectivity index (χ0) is 25.3. The fourth-order valence-corrected chi connectivity index (χ4v) is 2.59. The molecule has 0 amide bonds. The van der Waals surface area contributed by atoms with Crippen LogP contribution in [-0.2, 0) is 9.47 Å². The largest absolute Gasteiger partial charge is 2.00 e. The fraction of sp³-hybridized carbons (Fsp3) is 0.333. The molecule has 0 unspecified atom stereocenters. The molecule has 0 aliphatic heterocycles. The van der Waals surface area contributed by atoms with Gasteiger partial charge in [0.15, 0.2) is 0 Å². The van der Waals surface area contributed by atoms with Crippen LogP contribution in [0.5, 0.6) is 0 Å². The molecule has 0 spiro atoms. The van der Waals surface area contributed by atoms with Gasteiger partial charge < -0.3 is 39.5 Å². The maximum Gasteiger partial charge on any atom is 2.00 e. The Morgan fingerprint density at radius 3 is 1.20 bits per heavy atom. The first kappa shape index (κ1) is 32.5. The molecule has 184 valence electrons. The summed E-state index contributed by atoms with van der Waals surface area (Å²) in [5, 5.41) is 38.6. The molecule has 2 rings (SSSR count). The Bertz CT molecular complexity index is 883. The predicted octanol–water partition coefficient (Wildman–Crippen LogP) is -0.422. The van der Waals surface area contributed by atoms with E-state index < -0.39 is 23.9 Å². The maximum atomic E-state index is 11.6. The topological polar surface area (TPSA) is 173 Å². The van der Waals surface area contributed by atoms with Crippen molar-refractivity contribution in [1.82, 2.24) is 0 Å². The Labute approximate surface area is 232 Å². The summed E-state index contributed by atoms with van der Waals surface area (Å²) in [6, 6.07) is 11.5. The van der Waals surface area contributed by atoms with Crippen molar-refractivity contribution in [3.63, 3.8) is 0 Å². The van der Waals surface area contributed by atoms with E-state index in [-0.39, 0.29) is 86.4 Å². The Kier molecular flexibility index (Phi) is 17.4. The third kappa shape index (κ3) is 12.1. The van der Waals surface area contributed by atoms with Crippen LogP contribution in [0.4, 0.5) is 0 Å². The molecular weight excluding hydrogens is 488 g/mol. The van der Waals surface area contributed by atoms with Gasteiger partial charge in [-0.05, 0) is 37.8 Å². The molecule has 10 nitrogen and oxygen atoms in total. The molecule has 0 aromatic heterocycles. The van der Waals surface area contributed by atoms with Crippen molar-refractivity contribution in [1.29, 1.82) is 0 Å². The van der Waals surface area contributed by atoms with Gasteiger partial charge in [0.2, 0.25) is 0 Å². The number of carboxylic acid groups (broad SMARTS) is 2. The van der Waals surface area contributed by atoms with Gasteiger partial charge >= 0.3 is 49.7 Å². The number of rotatable bonds is 12. The minimum atomic E-state index is -1.41. The second-order valence-corrected chi connectivity index (χ2v) is 6.80. The standard InChI is InChI=1S/2C12H14O5.Ca/c2*13-7-3-4-8-17-12(16)10-6-2-1-5-9(10)11(14)15;/h2*1-2,5-6,13H,3-4,7-8H2,(H,14,15);/q;;+2/p-2. The first-order valence-electron chi connectivity index (χ1n) is 10.5. The maximum absolute atomic E-state index is 11.6. The van der Waals surface area contributed by atoms with E-state index in [1.807, 2.05) is 0 Å². The van der Waals surface area contributed by atoms with Crippen LogP contribution in [-0.4, -0.2) is 98.3 Å². The van der Waals surface area contributed by atoms with Gasteiger partial charge in [-0.2, -0.15) is 0 Å². The van der Waals surface area contributed by atoms with Gasteiger partial charge in [-0.15, -0.1) is 0 Å². The third-order valence-corrected chi connectivity index (χ3v) is 4.30. The zero-order valence-electron chi connectivity index (χ0n) is 19.1. The molecule has 0 saturated carbocycles. The number of hydrogen-bond acceptors (Lipinski definition) is 10. The van der Waals surface area contributed by atoms with Crippen LogP contribution in [0.25, 0.3) is 0 Å². The Morgan fingerprint density at radius 2 is 0.914 bits per heavy atom. The number of benzene rings is 2. The molecule has 2 aromatic rings. The Balaban J connectivity index is 0.000000642. The summed E-state index contributed by atoms with van der Waals surface area (Å²) in [5.74, 6) is -4.20. The van der Waals surface area contributed by atoms with Crippen molar-refractivity contribution >= 4 is 61.6 Å². The second-order valence-electron chi connectivity index (χ2n) is 6.80. The predicted molar refractivity (Wildman–Crippen MR) is 121 cm³/mol. The average Bonchev–Trinajstić information content (AvgIpc) is 2.84. The van der Waals surface area contributed by atoms with E-state index in [1.165, 1.54) is 36.4 Å². The van der Waals surface area contributed by atoms with Crippen molar-refractivity contribution in [3.8, 4) is 0 Å². The Hall–Kier alpha value is -2.50. The summed E-state index contributed by atoms with van der Waals surface area (Å²) in [6.45, 7) is 0.377. The van der Waals surface area contributed by atoms with Gasteiger partial charge in [-0.25, -0.2) is 9.59 Å². The van der Waals surface area contributed by atoms with Gasteiger partial charge in [-0.1, -0.05) is 36.4 Å². The van der Waals surface area contributed by atoms with Gasteiger partial charge in [0, 0.05) is 24.3 Å². The minimum Gasteiger partial charge on any atom is -0.545 e. The average molecular weight is 515 g/mol. The number of carbonyl (C=O) groups is 4. The van der Waals surface area contributed by atoms with E-state index in [9.17, 15) is 29.4 Å². The van der Waals surface area contributed by atoms with Crippen molar-refractivity contribution < 1.29 is 49.1 Å². The van der Waals surface area contributed by atoms with Gasteiger partial charge in [-0.3, -0.25) is 0 Å². The van der Waals surface area contributed by atoms with E-state index in [0.29, 0.717) is 25.7 Å². The quantitative estimate of drug-likeness (QED) is 0.215. The molecule has 0 saturated heterocycles. The smallest absolute Gasteiger partial charge is 0.545 e. The normalized spacial score (nSPS) is 9.66. The minimum absolute atomic E-state index is 0. The van der Waals surface area contributed by atoms with Gasteiger partial charge in [0.25, 0.3) is 0 Å². The third-order valence-electron chi connectivity index (χ3n) is 4.30. The molecule has 0 radical (unpaired) electrons. The van der Waals surface area contributed by atoms with Crippen LogP contribution in [0.15, 0.2) is 48.5 Å². The second kappa shape index (κ2) is 18.8. The fourth-order valence-electron chi connectivity index (χ4n) is 2.59. The molecule has 0 bridgehead atoms. The summed E-state index contributed by atoms with van der Waals surface area (Å²) < 4.78 is 9.76. The van der Waals surface area contributed by atoms with Crippen molar-refractivity contribution in [2.24, 2.45) is 0 Å². The van der Waals surface area contributed by atoms with Gasteiger partial charge in [0.1, 0.15) is 0 Å². The van der Waals surface area contributed by atoms with E-state index in [1.54, 1.807) is 12.1 Å². The SMILES string of the molecule is O=C([O-])c1ccccc1C(=O)OCCCCO.O=C([O-])c1ccccc1C(=O)OCCCCO.[Ca+2]. The van der Waals surface area contributed by atoms with Crippen LogP contribution in [0.2, 0.25) is 0 Å². The summed E-state index contributed by atoms with van der Waals surface area (Å²) in [7, 11) is 0. The first-order chi connectivity index (χ1) is 16.3. The Morgan fingerprint density at radius 1 is 0.600 bits per heavy atom. The molecule has 0 aliphatic rings. The number of esters is 2. The first-order valence-corrected chi connectivity index (χ1v) is 10.5. The molecule has 0 fully saturated rings. The number of aliphatic hydroxyl groups excluding tert-OH is 2. The number of carbonyl (C=O) groups excluding carboxylic acids is 4. The number of carboxylic acids is 2. The molecule has 0 heterocycles. The number of hydrogen-bond donors (Lipinski definition) is 2. The van der Waals surface area contributed by atoms with Crippen LogP contribution in [0, 0.1) is 0 Å². The number of aliphatic hydroxyl groups is 2. The molecule has 11 heteroatoms. The van der Waals surface area contributed by atoms with Crippen molar-refractivity contribution in [3.05, 3.63) is 70.8 Å². The van der Waals surface area contributed by atoms with E-state index in [2.05, 4.69) is 0 Å². The van der Waals surface area contributed by atoms with Crippen LogP contribution >= 0.6 is 0 Å². The summed E-state index contributed by atoms with van der Waals surface area (Å²) >= 11 is 0. The number of aromatic carboxylic acids is 2. The molecule has 0 aliphatic carbocycles. The van der Waals surface area contributed by atoms with Gasteiger partial charge in [0.05, 0.1) is 36.3 Å². The van der Waals surface area contributed by atoms with E-state index in [4.69, 9.17) is 19.7 Å². The molecule has 0 atom stereocenters. The van der Waals surface area contributed by atoms with Crippen LogP contribution in [0.1, 0.15) is 67.1 Å². The summed E-state index contributed by atoms with van der Waals surface area (Å²) in [5.41, 5.74) is -0.396. The monoisotopic (exact) mass is 514 g/mol. The molecule has 2 N–H and O–H groups in total. The number of ether oxygens (including phenoxy) is 2. The zero-order valence-corrected chi connectivity index (χ0v) is 21.4. The molecular formula is C24H26CaO10. The van der Waals surface area contributed by atoms with Crippen LogP contribution < -0.4 is 10.2 Å². The van der Waals surface area contributed by atoms with E-state index in [0.717, 1.165) is 0 Å². The van der Waals surface area contributed by atoms with Crippen molar-refractivity contribution in [2.75, 3.05) is 26.4 Å². The van der Waals surface area contributed by atoms with E-state index >= 15 is 0 Å². The number of unbranched alkanes of at least 4 members (excludes halogenated alkanes) is 2. The summed E-state index contributed by atoms with van der Waals surface area (Å²) in [6.07, 6.45) is 2.15. The molecule has 35 heavy (non-hydrogen) atoms. The molecule has 2 aromatic carbocycles. The van der Waals surface area contributed by atoms with Crippen LogP contribution in [0.3, 0.4) is 0 Å². The summed E-state index contributed by atoms with van der Waals surface area (Å²) in [4.78, 5) is 44.6.